The predicted molar refractivity (Wildman–Crippen MR) is 124 cm³/mol. The maximum Gasteiger partial charge on any atom is 0.271 e. The lowest BCUT2D eigenvalue weighted by Crippen LogP contribution is -2.33. The molecule has 10 nitrogen and oxygen atoms in total. The van der Waals surface area contributed by atoms with Crippen molar-refractivity contribution in [3.8, 4) is 22.4 Å². The Hall–Kier alpha value is -3.90. The molecule has 1 aromatic carbocycles. The molecule has 4 aromatic rings. The second-order valence-corrected chi connectivity index (χ2v) is 9.68. The van der Waals surface area contributed by atoms with E-state index in [1.165, 1.54) is 11.3 Å². The fraction of sp³-hybridized carbons (Fsp3) is 0.0952. The quantitative estimate of drug-likeness (QED) is 0.412. The maximum atomic E-state index is 12.2. The summed E-state index contributed by atoms with van der Waals surface area (Å²) in [6, 6.07) is 11.7. The zero-order valence-corrected chi connectivity index (χ0v) is 18.9. The lowest BCUT2D eigenvalue weighted by Gasteiger charge is -2.04. The first kappa shape index (κ1) is 22.3. The van der Waals surface area contributed by atoms with Gasteiger partial charge in [0.05, 0.1) is 24.7 Å². The Morgan fingerprint density at radius 2 is 1.85 bits per heavy atom. The van der Waals surface area contributed by atoms with Gasteiger partial charge in [0.15, 0.2) is 5.13 Å². The summed E-state index contributed by atoms with van der Waals surface area (Å²) in [5, 5.41) is 7.26. The molecule has 0 spiro atoms. The molecule has 0 atom stereocenters. The Bertz CT molecular complexity index is 1410. The first-order chi connectivity index (χ1) is 15.8. The van der Waals surface area contributed by atoms with Crippen LogP contribution in [0.2, 0.25) is 0 Å². The average Bonchev–Trinajstić information content (AvgIpc) is 3.48. The van der Waals surface area contributed by atoms with Gasteiger partial charge in [-0.3, -0.25) is 14.6 Å². The number of nitrogens with zero attached hydrogens (tertiary/aromatic N) is 4. The van der Waals surface area contributed by atoms with Gasteiger partial charge in [-0.15, -0.1) is 11.3 Å². The van der Waals surface area contributed by atoms with Gasteiger partial charge in [0.2, 0.25) is 15.9 Å². The van der Waals surface area contributed by atoms with E-state index in [-0.39, 0.29) is 12.2 Å². The van der Waals surface area contributed by atoms with Gasteiger partial charge in [-0.1, -0.05) is 18.2 Å². The molecule has 0 aliphatic heterocycles. The largest absolute Gasteiger partial charge is 0.342 e. The highest BCUT2D eigenvalue weighted by molar-refractivity contribution is 7.89. The number of hydrogen-bond acceptors (Lipinski definition) is 8. The molecule has 0 unspecified atom stereocenters. The number of thiazole rings is 1. The third-order valence-electron chi connectivity index (χ3n) is 4.51. The van der Waals surface area contributed by atoms with Crippen LogP contribution in [0.25, 0.3) is 22.4 Å². The zero-order valence-electron chi connectivity index (χ0n) is 17.3. The Balaban J connectivity index is 1.36. The molecule has 168 valence electrons. The molecular weight excluding hydrogens is 464 g/mol. The van der Waals surface area contributed by atoms with Crippen molar-refractivity contribution in [3.05, 3.63) is 72.4 Å². The SMILES string of the molecule is CS(=O)(=O)n1cnc(C(=O)NCC(=O)Nc2nc(-c3cccc(-c4ccncc4)c3)cs2)c1. The van der Waals surface area contributed by atoms with Crippen molar-refractivity contribution in [2.75, 3.05) is 18.1 Å². The maximum absolute atomic E-state index is 12.2. The molecule has 0 aliphatic carbocycles. The number of imidazole rings is 1. The van der Waals surface area contributed by atoms with Crippen LogP contribution in [0.15, 0.2) is 66.7 Å². The van der Waals surface area contributed by atoms with Gasteiger partial charge in [-0.2, -0.15) is 0 Å². The van der Waals surface area contributed by atoms with E-state index in [1.807, 2.05) is 41.8 Å². The number of aromatic nitrogens is 4. The summed E-state index contributed by atoms with van der Waals surface area (Å²) in [5.41, 5.74) is 3.55. The fourth-order valence-electron chi connectivity index (χ4n) is 2.89. The molecule has 2 amide bonds. The number of amides is 2. The van der Waals surface area contributed by atoms with E-state index in [0.29, 0.717) is 10.8 Å². The molecular formula is C21H18N6O4S2. The van der Waals surface area contributed by atoms with Crippen LogP contribution >= 0.6 is 11.3 Å². The summed E-state index contributed by atoms with van der Waals surface area (Å²) in [7, 11) is -3.54. The normalized spacial score (nSPS) is 11.2. The molecule has 2 N–H and O–H groups in total. The summed E-state index contributed by atoms with van der Waals surface area (Å²) in [6.45, 7) is -0.322. The van der Waals surface area contributed by atoms with E-state index in [0.717, 1.165) is 39.4 Å². The van der Waals surface area contributed by atoms with Crippen LogP contribution in [-0.2, 0) is 14.8 Å². The number of pyridine rings is 1. The third-order valence-corrected chi connectivity index (χ3v) is 6.23. The highest BCUT2D eigenvalue weighted by Crippen LogP contribution is 2.28. The second kappa shape index (κ2) is 9.30. The summed E-state index contributed by atoms with van der Waals surface area (Å²) >= 11 is 1.26. The summed E-state index contributed by atoms with van der Waals surface area (Å²) in [4.78, 5) is 36.5. The Kier molecular flexibility index (Phi) is 6.29. The first-order valence-electron chi connectivity index (χ1n) is 9.58. The fourth-order valence-corrected chi connectivity index (χ4v) is 4.13. The second-order valence-electron chi connectivity index (χ2n) is 6.94. The predicted octanol–water partition coefficient (Wildman–Crippen LogP) is 2.24. The molecule has 0 aliphatic rings. The lowest BCUT2D eigenvalue weighted by molar-refractivity contribution is -0.115. The van der Waals surface area contributed by atoms with Gasteiger partial charge in [0.1, 0.15) is 12.0 Å². The van der Waals surface area contributed by atoms with Gasteiger partial charge < -0.3 is 10.6 Å². The molecule has 4 rings (SSSR count). The van der Waals surface area contributed by atoms with E-state index in [9.17, 15) is 18.0 Å². The first-order valence-corrected chi connectivity index (χ1v) is 12.3. The minimum absolute atomic E-state index is 0.112. The summed E-state index contributed by atoms with van der Waals surface area (Å²) in [5.74, 6) is -1.14. The van der Waals surface area contributed by atoms with Crippen LogP contribution in [-0.4, -0.2) is 52.0 Å². The third kappa shape index (κ3) is 5.48. The van der Waals surface area contributed by atoms with Crippen molar-refractivity contribution in [3.63, 3.8) is 0 Å². The van der Waals surface area contributed by atoms with Crippen LogP contribution in [0, 0.1) is 0 Å². The smallest absolute Gasteiger partial charge is 0.271 e. The van der Waals surface area contributed by atoms with Crippen molar-refractivity contribution in [2.24, 2.45) is 0 Å². The van der Waals surface area contributed by atoms with Crippen LogP contribution in [0.3, 0.4) is 0 Å². The van der Waals surface area contributed by atoms with E-state index in [4.69, 9.17) is 0 Å². The Labute approximate surface area is 193 Å². The summed E-state index contributed by atoms with van der Waals surface area (Å²) in [6.07, 6.45) is 6.55. The topological polar surface area (TPSA) is 136 Å². The highest BCUT2D eigenvalue weighted by Gasteiger charge is 2.15. The van der Waals surface area contributed by atoms with E-state index in [2.05, 4.69) is 25.6 Å². The molecule has 0 saturated heterocycles. The van der Waals surface area contributed by atoms with Gasteiger partial charge in [-0.05, 0) is 29.3 Å². The standard InChI is InChI=1S/C21H18N6O4S2/c1-33(30,31)27-11-17(24-13-27)20(29)23-10-19(28)26-21-25-18(12-32-21)16-4-2-3-15(9-16)14-5-7-22-8-6-14/h2-9,11-13H,10H2,1H3,(H,23,29)(H,25,26,28). The van der Waals surface area contributed by atoms with Crippen LogP contribution in [0.1, 0.15) is 10.5 Å². The number of anilines is 1. The number of rotatable bonds is 7. The van der Waals surface area contributed by atoms with Crippen molar-refractivity contribution < 1.29 is 18.0 Å². The van der Waals surface area contributed by atoms with Gasteiger partial charge >= 0.3 is 0 Å². The Morgan fingerprint density at radius 1 is 1.09 bits per heavy atom. The molecule has 0 fully saturated rings. The lowest BCUT2D eigenvalue weighted by atomic mass is 10.0. The minimum Gasteiger partial charge on any atom is -0.342 e. The van der Waals surface area contributed by atoms with Crippen molar-refractivity contribution in [1.29, 1.82) is 0 Å². The summed E-state index contributed by atoms with van der Waals surface area (Å²) < 4.78 is 23.7. The average molecular weight is 483 g/mol. The molecule has 33 heavy (non-hydrogen) atoms. The van der Waals surface area contributed by atoms with Crippen molar-refractivity contribution >= 4 is 38.3 Å². The number of benzene rings is 1. The van der Waals surface area contributed by atoms with E-state index < -0.39 is 21.8 Å². The number of carbonyl (C=O) groups is 2. The van der Waals surface area contributed by atoms with Crippen LogP contribution in [0.5, 0.6) is 0 Å². The minimum atomic E-state index is -3.54. The number of hydrogen-bond donors (Lipinski definition) is 2. The van der Waals surface area contributed by atoms with Gasteiger partial charge in [-0.25, -0.2) is 22.4 Å². The van der Waals surface area contributed by atoms with Crippen molar-refractivity contribution in [2.45, 2.75) is 0 Å². The van der Waals surface area contributed by atoms with E-state index in [1.54, 1.807) is 12.4 Å². The monoisotopic (exact) mass is 482 g/mol. The molecule has 0 bridgehead atoms. The van der Waals surface area contributed by atoms with Gasteiger partial charge in [0, 0.05) is 23.3 Å². The number of carbonyl (C=O) groups excluding carboxylic acids is 2. The highest BCUT2D eigenvalue weighted by atomic mass is 32.2. The van der Waals surface area contributed by atoms with Crippen LogP contribution in [0.4, 0.5) is 5.13 Å². The molecule has 3 aromatic heterocycles. The Morgan fingerprint density at radius 3 is 2.58 bits per heavy atom. The van der Waals surface area contributed by atoms with Crippen molar-refractivity contribution in [1.82, 2.24) is 24.2 Å². The molecule has 3 heterocycles. The number of nitrogens with one attached hydrogen (secondary N) is 2. The molecule has 12 heteroatoms. The van der Waals surface area contributed by atoms with E-state index >= 15 is 0 Å². The molecule has 0 radical (unpaired) electrons. The zero-order chi connectivity index (χ0) is 23.4. The van der Waals surface area contributed by atoms with Gasteiger partial charge in [0.25, 0.3) is 5.91 Å². The molecule has 0 saturated carbocycles. The van der Waals surface area contributed by atoms with Crippen LogP contribution < -0.4 is 10.6 Å².